The molecule has 2 nitrogen and oxygen atoms in total. The van der Waals surface area contributed by atoms with Crippen LogP contribution in [0.15, 0.2) is 30.3 Å². The third kappa shape index (κ3) is 3.44. The largest absolute Gasteiger partial charge is 0.481 e. The molecule has 0 radical (unpaired) electrons. The van der Waals surface area contributed by atoms with Gasteiger partial charge in [-0.25, -0.2) is 0 Å². The Kier molecular flexibility index (Phi) is 3.92. The van der Waals surface area contributed by atoms with E-state index in [9.17, 15) is 4.79 Å². The van der Waals surface area contributed by atoms with Crippen molar-refractivity contribution in [2.45, 2.75) is 19.8 Å². The summed E-state index contributed by atoms with van der Waals surface area (Å²) in [5, 5.41) is 8.43. The van der Waals surface area contributed by atoms with Crippen molar-refractivity contribution in [2.75, 3.05) is 0 Å². The van der Waals surface area contributed by atoms with Crippen LogP contribution in [-0.2, 0) is 4.79 Å². The summed E-state index contributed by atoms with van der Waals surface area (Å²) in [5.41, 5.74) is 2.36. The molecule has 0 aliphatic carbocycles. The monoisotopic (exact) mass is 190 g/mol. The topological polar surface area (TPSA) is 37.3 Å². The summed E-state index contributed by atoms with van der Waals surface area (Å²) in [6.45, 7) is 2.04. The molecule has 0 spiro atoms. The van der Waals surface area contributed by atoms with Gasteiger partial charge in [-0.15, -0.1) is 0 Å². The summed E-state index contributed by atoms with van der Waals surface area (Å²) < 4.78 is 0. The molecule has 74 valence electrons. The van der Waals surface area contributed by atoms with Gasteiger partial charge in [-0.1, -0.05) is 36.4 Å². The van der Waals surface area contributed by atoms with Crippen LogP contribution >= 0.6 is 0 Å². The van der Waals surface area contributed by atoms with Gasteiger partial charge in [0.25, 0.3) is 0 Å². The lowest BCUT2D eigenvalue weighted by Crippen LogP contribution is -1.91. The molecule has 0 saturated heterocycles. The first-order chi connectivity index (χ1) is 6.70. The van der Waals surface area contributed by atoms with Crippen LogP contribution in [0.1, 0.15) is 24.0 Å². The molecule has 14 heavy (non-hydrogen) atoms. The fourth-order valence-electron chi connectivity index (χ4n) is 1.19. The van der Waals surface area contributed by atoms with Crippen LogP contribution < -0.4 is 0 Å². The predicted octanol–water partition coefficient (Wildman–Crippen LogP) is 2.87. The van der Waals surface area contributed by atoms with Gasteiger partial charge in [0.2, 0.25) is 0 Å². The SMILES string of the molecule is Cc1ccccc1C=CCCC(=O)O. The van der Waals surface area contributed by atoms with Gasteiger partial charge < -0.3 is 5.11 Å². The van der Waals surface area contributed by atoms with E-state index in [1.54, 1.807) is 0 Å². The Labute approximate surface area is 83.9 Å². The summed E-state index contributed by atoms with van der Waals surface area (Å²) in [5.74, 6) is -0.751. The number of aryl methyl sites for hydroxylation is 1. The van der Waals surface area contributed by atoms with Crippen molar-refractivity contribution in [1.82, 2.24) is 0 Å². The lowest BCUT2D eigenvalue weighted by molar-refractivity contribution is -0.136. The third-order valence-corrected chi connectivity index (χ3v) is 2.01. The van der Waals surface area contributed by atoms with E-state index in [0.717, 1.165) is 5.56 Å². The predicted molar refractivity (Wildman–Crippen MR) is 57.1 cm³/mol. The molecule has 0 fully saturated rings. The molecule has 0 bridgehead atoms. The lowest BCUT2D eigenvalue weighted by atomic mass is 10.1. The molecule has 0 unspecified atom stereocenters. The average molecular weight is 190 g/mol. The maximum Gasteiger partial charge on any atom is 0.303 e. The van der Waals surface area contributed by atoms with E-state index in [4.69, 9.17) is 5.11 Å². The Balaban J connectivity index is 2.52. The number of carboxylic acids is 1. The maximum atomic E-state index is 10.2. The third-order valence-electron chi connectivity index (χ3n) is 2.01. The normalized spacial score (nSPS) is 10.6. The lowest BCUT2D eigenvalue weighted by Gasteiger charge is -1.97. The van der Waals surface area contributed by atoms with Gasteiger partial charge >= 0.3 is 5.97 Å². The molecule has 1 rings (SSSR count). The Morgan fingerprint density at radius 3 is 2.79 bits per heavy atom. The summed E-state index contributed by atoms with van der Waals surface area (Å²) >= 11 is 0. The molecule has 0 saturated carbocycles. The standard InChI is InChI=1S/C12H14O2/c1-10-6-2-3-7-11(10)8-4-5-9-12(13)14/h2-4,6-8H,5,9H2,1H3,(H,13,14). The van der Waals surface area contributed by atoms with Crippen molar-refractivity contribution in [3.63, 3.8) is 0 Å². The van der Waals surface area contributed by atoms with Gasteiger partial charge in [0.15, 0.2) is 0 Å². The van der Waals surface area contributed by atoms with Crippen molar-refractivity contribution in [3.05, 3.63) is 41.5 Å². The molecule has 1 aromatic rings. The molecule has 0 amide bonds. The van der Waals surface area contributed by atoms with Crippen LogP contribution in [0.3, 0.4) is 0 Å². The Bertz CT molecular complexity index is 340. The fraction of sp³-hybridized carbons (Fsp3) is 0.250. The van der Waals surface area contributed by atoms with Crippen LogP contribution in [0.25, 0.3) is 6.08 Å². The Morgan fingerprint density at radius 2 is 2.14 bits per heavy atom. The molecule has 2 heteroatoms. The number of rotatable bonds is 4. The highest BCUT2D eigenvalue weighted by atomic mass is 16.4. The minimum Gasteiger partial charge on any atom is -0.481 e. The summed E-state index contributed by atoms with van der Waals surface area (Å²) in [7, 11) is 0. The van der Waals surface area contributed by atoms with Crippen molar-refractivity contribution < 1.29 is 9.90 Å². The number of hydrogen-bond acceptors (Lipinski definition) is 1. The van der Waals surface area contributed by atoms with Crippen LogP contribution in [0.2, 0.25) is 0 Å². The van der Waals surface area contributed by atoms with Gasteiger partial charge in [-0.3, -0.25) is 4.79 Å². The number of carbonyl (C=O) groups is 1. The smallest absolute Gasteiger partial charge is 0.303 e. The average Bonchev–Trinajstić information content (AvgIpc) is 2.15. The van der Waals surface area contributed by atoms with Crippen LogP contribution in [0.5, 0.6) is 0 Å². The van der Waals surface area contributed by atoms with E-state index in [-0.39, 0.29) is 6.42 Å². The zero-order valence-electron chi connectivity index (χ0n) is 8.23. The second-order valence-electron chi connectivity index (χ2n) is 3.19. The van der Waals surface area contributed by atoms with E-state index in [0.29, 0.717) is 6.42 Å². The van der Waals surface area contributed by atoms with Gasteiger partial charge in [0.1, 0.15) is 0 Å². The van der Waals surface area contributed by atoms with E-state index >= 15 is 0 Å². The Morgan fingerprint density at radius 1 is 1.43 bits per heavy atom. The zero-order chi connectivity index (χ0) is 10.4. The molecule has 0 aliphatic rings. The minimum atomic E-state index is -0.751. The van der Waals surface area contributed by atoms with Gasteiger partial charge in [-0.05, 0) is 24.5 Å². The van der Waals surface area contributed by atoms with Gasteiger partial charge in [0.05, 0.1) is 0 Å². The number of aliphatic carboxylic acids is 1. The number of carboxylic acid groups (broad SMARTS) is 1. The minimum absolute atomic E-state index is 0.197. The van der Waals surface area contributed by atoms with Crippen LogP contribution in [-0.4, -0.2) is 11.1 Å². The van der Waals surface area contributed by atoms with Crippen molar-refractivity contribution in [1.29, 1.82) is 0 Å². The van der Waals surface area contributed by atoms with E-state index < -0.39 is 5.97 Å². The first kappa shape index (κ1) is 10.5. The summed E-state index contributed by atoms with van der Waals surface area (Å²) in [6, 6.07) is 8.03. The van der Waals surface area contributed by atoms with Gasteiger partial charge in [0, 0.05) is 6.42 Å². The molecule has 0 aliphatic heterocycles. The second kappa shape index (κ2) is 5.22. The highest BCUT2D eigenvalue weighted by Crippen LogP contribution is 2.09. The molecule has 0 heterocycles. The fourth-order valence-corrected chi connectivity index (χ4v) is 1.19. The molecular formula is C12H14O2. The van der Waals surface area contributed by atoms with Crippen molar-refractivity contribution in [3.8, 4) is 0 Å². The highest BCUT2D eigenvalue weighted by molar-refractivity contribution is 5.67. The van der Waals surface area contributed by atoms with Crippen LogP contribution in [0, 0.1) is 6.92 Å². The maximum absolute atomic E-state index is 10.2. The van der Waals surface area contributed by atoms with E-state index in [1.807, 2.05) is 43.3 Å². The molecular weight excluding hydrogens is 176 g/mol. The first-order valence-corrected chi connectivity index (χ1v) is 4.64. The summed E-state index contributed by atoms with van der Waals surface area (Å²) in [4.78, 5) is 10.2. The van der Waals surface area contributed by atoms with E-state index in [2.05, 4.69) is 0 Å². The quantitative estimate of drug-likeness (QED) is 0.792. The summed E-state index contributed by atoms with van der Waals surface area (Å²) in [6.07, 6.45) is 4.65. The molecule has 1 aromatic carbocycles. The number of hydrogen-bond donors (Lipinski definition) is 1. The Hall–Kier alpha value is -1.57. The highest BCUT2D eigenvalue weighted by Gasteiger charge is 1.93. The first-order valence-electron chi connectivity index (χ1n) is 4.64. The van der Waals surface area contributed by atoms with Crippen LogP contribution in [0.4, 0.5) is 0 Å². The zero-order valence-corrected chi connectivity index (χ0v) is 8.23. The number of benzene rings is 1. The molecule has 1 N–H and O–H groups in total. The molecule has 0 aromatic heterocycles. The van der Waals surface area contributed by atoms with Crippen molar-refractivity contribution in [2.24, 2.45) is 0 Å². The number of allylic oxidation sites excluding steroid dienone is 1. The van der Waals surface area contributed by atoms with E-state index in [1.165, 1.54) is 5.56 Å². The molecule has 0 atom stereocenters. The van der Waals surface area contributed by atoms with Crippen molar-refractivity contribution >= 4 is 12.0 Å². The van der Waals surface area contributed by atoms with Gasteiger partial charge in [-0.2, -0.15) is 0 Å². The second-order valence-corrected chi connectivity index (χ2v) is 3.19.